The molecule has 0 aromatic carbocycles. The van der Waals surface area contributed by atoms with Crippen LogP contribution in [0.4, 0.5) is 0 Å². The first kappa shape index (κ1) is 15.9. The predicted molar refractivity (Wildman–Crippen MR) is 75.2 cm³/mol. The summed E-state index contributed by atoms with van der Waals surface area (Å²) in [6.45, 7) is 7.30. The highest BCUT2D eigenvalue weighted by Gasteiger charge is 2.27. The molecule has 1 aliphatic heterocycles. The van der Waals surface area contributed by atoms with Crippen molar-refractivity contribution in [3.63, 3.8) is 0 Å². The lowest BCUT2D eigenvalue weighted by Gasteiger charge is -2.20. The average Bonchev–Trinajstić information content (AvgIpc) is 2.82. The van der Waals surface area contributed by atoms with Crippen LogP contribution in [-0.4, -0.2) is 57.8 Å². The normalized spacial score (nSPS) is 21.1. The molecule has 6 heteroatoms. The summed E-state index contributed by atoms with van der Waals surface area (Å²) < 4.78 is 26.5. The van der Waals surface area contributed by atoms with Gasteiger partial charge in [0.05, 0.1) is 5.25 Å². The van der Waals surface area contributed by atoms with E-state index in [4.69, 9.17) is 0 Å². The van der Waals surface area contributed by atoms with Crippen molar-refractivity contribution < 1.29 is 8.42 Å². The van der Waals surface area contributed by atoms with Crippen molar-refractivity contribution in [3.8, 4) is 0 Å². The van der Waals surface area contributed by atoms with Crippen LogP contribution in [0.3, 0.4) is 0 Å². The number of hydrogen-bond donors (Lipinski definition) is 2. The number of sulfonamides is 1. The summed E-state index contributed by atoms with van der Waals surface area (Å²) in [6, 6.07) is 0.547. The molecule has 0 aliphatic carbocycles. The van der Waals surface area contributed by atoms with Crippen LogP contribution in [0.1, 0.15) is 33.1 Å². The van der Waals surface area contributed by atoms with E-state index in [9.17, 15) is 8.42 Å². The van der Waals surface area contributed by atoms with Crippen LogP contribution in [0.5, 0.6) is 0 Å². The minimum atomic E-state index is -3.10. The third-order valence-electron chi connectivity index (χ3n) is 3.58. The smallest absolute Gasteiger partial charge is 0.215 e. The van der Waals surface area contributed by atoms with Crippen LogP contribution in [0.25, 0.3) is 0 Å². The predicted octanol–water partition coefficient (Wildman–Crippen LogP) is 0.388. The van der Waals surface area contributed by atoms with Crippen LogP contribution in [0.15, 0.2) is 0 Å². The number of nitrogens with one attached hydrogen (secondary N) is 2. The zero-order valence-corrected chi connectivity index (χ0v) is 12.6. The third kappa shape index (κ3) is 5.22. The molecule has 0 amide bonds. The molecule has 0 saturated carbocycles. The fourth-order valence-corrected chi connectivity index (χ4v) is 3.40. The monoisotopic (exact) mass is 277 g/mol. The van der Waals surface area contributed by atoms with Crippen molar-refractivity contribution in [1.82, 2.24) is 14.9 Å². The molecule has 0 radical (unpaired) electrons. The number of nitrogens with zero attached hydrogens (tertiary/aromatic N) is 1. The molecule has 108 valence electrons. The molecular formula is C12H27N3O2S. The highest BCUT2D eigenvalue weighted by Crippen LogP contribution is 2.08. The molecule has 1 heterocycles. The summed E-state index contributed by atoms with van der Waals surface area (Å²) in [7, 11) is -1.01. The maximum atomic E-state index is 11.9. The van der Waals surface area contributed by atoms with E-state index < -0.39 is 10.0 Å². The maximum absolute atomic E-state index is 11.9. The molecule has 0 aromatic rings. The van der Waals surface area contributed by atoms with Gasteiger partial charge in [-0.1, -0.05) is 0 Å². The molecule has 1 aliphatic rings. The summed E-state index contributed by atoms with van der Waals surface area (Å²) >= 11 is 0. The molecule has 0 aromatic heterocycles. The maximum Gasteiger partial charge on any atom is 0.215 e. The van der Waals surface area contributed by atoms with E-state index in [0.717, 1.165) is 32.4 Å². The summed E-state index contributed by atoms with van der Waals surface area (Å²) in [5, 5.41) is 2.84. The van der Waals surface area contributed by atoms with Gasteiger partial charge in [-0.15, -0.1) is 0 Å². The molecule has 5 nitrogen and oxygen atoms in total. The Hall–Kier alpha value is -0.170. The average molecular weight is 277 g/mol. The zero-order chi connectivity index (χ0) is 13.6. The zero-order valence-electron chi connectivity index (χ0n) is 11.8. The summed E-state index contributed by atoms with van der Waals surface area (Å²) in [5.74, 6) is 0. The van der Waals surface area contributed by atoms with Gasteiger partial charge in [-0.25, -0.2) is 13.1 Å². The van der Waals surface area contributed by atoms with Crippen LogP contribution in [-0.2, 0) is 10.0 Å². The molecule has 1 saturated heterocycles. The van der Waals surface area contributed by atoms with Gasteiger partial charge in [0, 0.05) is 19.1 Å². The lowest BCUT2D eigenvalue weighted by atomic mass is 10.2. The van der Waals surface area contributed by atoms with Crippen LogP contribution < -0.4 is 10.0 Å². The lowest BCUT2D eigenvalue weighted by molar-refractivity contribution is 0.268. The second-order valence-corrected chi connectivity index (χ2v) is 7.38. The van der Waals surface area contributed by atoms with E-state index >= 15 is 0 Å². The first-order valence-corrected chi connectivity index (χ1v) is 8.37. The fraction of sp³-hybridized carbons (Fsp3) is 1.00. The Bertz CT molecular complexity index is 324. The molecule has 18 heavy (non-hydrogen) atoms. The molecule has 1 rings (SSSR count). The van der Waals surface area contributed by atoms with E-state index in [2.05, 4.69) is 35.8 Å². The minimum absolute atomic E-state index is 0.240. The van der Waals surface area contributed by atoms with E-state index in [1.165, 1.54) is 0 Å². The van der Waals surface area contributed by atoms with E-state index in [0.29, 0.717) is 19.1 Å². The standard InChI is InChI=1S/C12H27N3O2S/c1-11(2)15(3)9-5-4-7-14-18(16,17)12-6-8-13-10-12/h11-14H,4-10H2,1-3H3. The topological polar surface area (TPSA) is 61.4 Å². The van der Waals surface area contributed by atoms with E-state index in [-0.39, 0.29) is 5.25 Å². The van der Waals surface area contributed by atoms with Gasteiger partial charge in [0.2, 0.25) is 10.0 Å². The summed E-state index contributed by atoms with van der Waals surface area (Å²) in [6.07, 6.45) is 2.65. The van der Waals surface area contributed by atoms with E-state index in [1.54, 1.807) is 0 Å². The summed E-state index contributed by atoms with van der Waals surface area (Å²) in [5.41, 5.74) is 0. The molecule has 2 N–H and O–H groups in total. The fourth-order valence-electron chi connectivity index (χ4n) is 1.97. The second-order valence-electron chi connectivity index (χ2n) is 5.34. The Morgan fingerprint density at radius 1 is 1.39 bits per heavy atom. The van der Waals surface area contributed by atoms with Crippen molar-refractivity contribution in [2.75, 3.05) is 33.2 Å². The van der Waals surface area contributed by atoms with Gasteiger partial charge in [0.25, 0.3) is 0 Å². The van der Waals surface area contributed by atoms with Crippen molar-refractivity contribution in [2.45, 2.75) is 44.4 Å². The first-order valence-electron chi connectivity index (χ1n) is 6.83. The van der Waals surface area contributed by atoms with Crippen LogP contribution in [0.2, 0.25) is 0 Å². The highest BCUT2D eigenvalue weighted by molar-refractivity contribution is 7.90. The van der Waals surface area contributed by atoms with E-state index in [1.807, 2.05) is 0 Å². The van der Waals surface area contributed by atoms with Gasteiger partial charge in [-0.2, -0.15) is 0 Å². The van der Waals surface area contributed by atoms with Gasteiger partial charge < -0.3 is 10.2 Å². The highest BCUT2D eigenvalue weighted by atomic mass is 32.2. The SMILES string of the molecule is CC(C)N(C)CCCCNS(=O)(=O)C1CCNC1. The number of hydrogen-bond acceptors (Lipinski definition) is 4. The van der Waals surface area contributed by atoms with Gasteiger partial charge in [-0.05, 0) is 53.2 Å². The third-order valence-corrected chi connectivity index (χ3v) is 5.46. The van der Waals surface area contributed by atoms with Crippen molar-refractivity contribution in [3.05, 3.63) is 0 Å². The van der Waals surface area contributed by atoms with Crippen LogP contribution in [0, 0.1) is 0 Å². The van der Waals surface area contributed by atoms with Crippen molar-refractivity contribution in [1.29, 1.82) is 0 Å². The lowest BCUT2D eigenvalue weighted by Crippen LogP contribution is -2.36. The number of unbranched alkanes of at least 4 members (excludes halogenated alkanes) is 1. The molecule has 0 spiro atoms. The Balaban J connectivity index is 2.14. The Labute approximate surface area is 111 Å². The van der Waals surface area contributed by atoms with Crippen LogP contribution >= 0.6 is 0 Å². The molecule has 1 atom stereocenters. The quantitative estimate of drug-likeness (QED) is 0.630. The van der Waals surface area contributed by atoms with Gasteiger partial charge >= 0.3 is 0 Å². The van der Waals surface area contributed by atoms with Gasteiger partial charge in [0.15, 0.2) is 0 Å². The Morgan fingerprint density at radius 3 is 2.67 bits per heavy atom. The van der Waals surface area contributed by atoms with Gasteiger partial charge in [0.1, 0.15) is 0 Å². The largest absolute Gasteiger partial charge is 0.315 e. The minimum Gasteiger partial charge on any atom is -0.315 e. The summed E-state index contributed by atoms with van der Waals surface area (Å²) in [4.78, 5) is 2.27. The molecule has 0 bridgehead atoms. The number of rotatable bonds is 8. The second kappa shape index (κ2) is 7.43. The van der Waals surface area contributed by atoms with Gasteiger partial charge in [-0.3, -0.25) is 0 Å². The Morgan fingerprint density at radius 2 is 2.11 bits per heavy atom. The molecule has 1 unspecified atom stereocenters. The first-order chi connectivity index (χ1) is 8.43. The van der Waals surface area contributed by atoms with Crippen molar-refractivity contribution in [2.24, 2.45) is 0 Å². The molecule has 1 fully saturated rings. The molecular weight excluding hydrogens is 250 g/mol. The Kier molecular flexibility index (Phi) is 6.55. The van der Waals surface area contributed by atoms with Crippen molar-refractivity contribution >= 4 is 10.0 Å².